The van der Waals surface area contributed by atoms with E-state index >= 15 is 0 Å². The van der Waals surface area contributed by atoms with E-state index in [1.807, 2.05) is 47.6 Å². The zero-order valence-electron chi connectivity index (χ0n) is 32.2. The van der Waals surface area contributed by atoms with E-state index < -0.39 is 5.97 Å². The van der Waals surface area contributed by atoms with Gasteiger partial charge in [0.25, 0.3) is 0 Å². The molecular formula is C46H53N3O5S. The fourth-order valence-electron chi connectivity index (χ4n) is 6.12. The number of rotatable bonds is 23. The Morgan fingerprint density at radius 2 is 1.53 bits per heavy atom. The van der Waals surface area contributed by atoms with Gasteiger partial charge in [-0.2, -0.15) is 5.10 Å². The number of thiazole rings is 1. The van der Waals surface area contributed by atoms with Gasteiger partial charge in [0.15, 0.2) is 0 Å². The van der Waals surface area contributed by atoms with Gasteiger partial charge in [0.2, 0.25) is 5.13 Å². The largest absolute Gasteiger partial charge is 0.494 e. The first-order valence-electron chi connectivity index (χ1n) is 19.6. The molecule has 0 bridgehead atoms. The first kappa shape index (κ1) is 40.9. The molecule has 4 aromatic carbocycles. The second-order valence-electron chi connectivity index (χ2n) is 13.5. The topological polar surface area (TPSA) is 90.3 Å². The number of esters is 2. The van der Waals surface area contributed by atoms with Crippen molar-refractivity contribution in [2.75, 3.05) is 24.8 Å². The summed E-state index contributed by atoms with van der Waals surface area (Å²) in [4.78, 5) is 29.4. The summed E-state index contributed by atoms with van der Waals surface area (Å²) in [5, 5.41) is 7.91. The van der Waals surface area contributed by atoms with Crippen LogP contribution in [-0.4, -0.2) is 42.9 Å². The SMILES string of the molecule is C=CC(=O)OCCCCCCOc1ccc(C(=O)Oc2ccc(-c3ccc(CCC)cc3)c(/C=N/N(CCCCCCC)c3nc4ccccc4s3)c2)cc1. The van der Waals surface area contributed by atoms with Crippen LogP contribution in [0.1, 0.15) is 99.5 Å². The molecule has 288 valence electrons. The Morgan fingerprint density at radius 1 is 0.800 bits per heavy atom. The number of ether oxygens (including phenoxy) is 3. The summed E-state index contributed by atoms with van der Waals surface area (Å²) in [6, 6.07) is 29.6. The number of benzene rings is 4. The van der Waals surface area contributed by atoms with Gasteiger partial charge < -0.3 is 14.2 Å². The minimum absolute atomic E-state index is 0.390. The van der Waals surface area contributed by atoms with Crippen LogP contribution in [0.4, 0.5) is 5.13 Å². The third-order valence-corrected chi connectivity index (χ3v) is 10.2. The molecule has 0 spiro atoms. The molecule has 0 amide bonds. The second-order valence-corrected chi connectivity index (χ2v) is 14.5. The number of carbonyl (C=O) groups is 2. The van der Waals surface area contributed by atoms with Gasteiger partial charge in [-0.15, -0.1) is 0 Å². The van der Waals surface area contributed by atoms with Crippen molar-refractivity contribution in [2.45, 2.75) is 84.5 Å². The molecule has 0 unspecified atom stereocenters. The van der Waals surface area contributed by atoms with Gasteiger partial charge in [0.1, 0.15) is 11.5 Å². The molecule has 55 heavy (non-hydrogen) atoms. The Hall–Kier alpha value is -5.28. The molecule has 0 aliphatic heterocycles. The molecule has 5 aromatic rings. The molecule has 0 fully saturated rings. The normalized spacial score (nSPS) is 11.2. The molecule has 0 aliphatic carbocycles. The highest BCUT2D eigenvalue weighted by molar-refractivity contribution is 7.22. The Bertz CT molecular complexity index is 1950. The van der Waals surface area contributed by atoms with Crippen LogP contribution in [-0.2, 0) is 16.0 Å². The predicted molar refractivity (Wildman–Crippen MR) is 226 cm³/mol. The first-order valence-corrected chi connectivity index (χ1v) is 20.4. The Balaban J connectivity index is 1.29. The molecule has 0 radical (unpaired) electrons. The van der Waals surface area contributed by atoms with Crippen molar-refractivity contribution < 1.29 is 23.8 Å². The minimum atomic E-state index is -0.452. The summed E-state index contributed by atoms with van der Waals surface area (Å²) in [6.07, 6.45) is 14.5. The smallest absolute Gasteiger partial charge is 0.343 e. The van der Waals surface area contributed by atoms with Crippen molar-refractivity contribution in [3.05, 3.63) is 120 Å². The zero-order valence-corrected chi connectivity index (χ0v) is 33.0. The number of anilines is 1. The van der Waals surface area contributed by atoms with Crippen LogP contribution in [0.15, 0.2) is 109 Å². The Kier molecular flexibility index (Phi) is 16.5. The van der Waals surface area contributed by atoms with Crippen LogP contribution in [0, 0.1) is 0 Å². The van der Waals surface area contributed by atoms with E-state index in [1.54, 1.807) is 35.6 Å². The summed E-state index contributed by atoms with van der Waals surface area (Å²) in [6.45, 7) is 9.53. The molecule has 9 heteroatoms. The maximum absolute atomic E-state index is 13.3. The lowest BCUT2D eigenvalue weighted by Crippen LogP contribution is -2.18. The number of fused-ring (bicyclic) bond motifs is 1. The standard InChI is InChI=1S/C46H53N3O5S/c1-4-7-8-9-14-30-49(46-48-42-18-12-13-19-43(42)55-46)47-34-38-33-40(28-29-41(38)36-22-20-35(17-5-2)21-23-36)54-45(51)37-24-26-39(27-25-37)52-31-15-10-11-16-32-53-44(50)6-3/h6,12-13,18-29,33-34H,3-5,7-11,14-17,30-32H2,1-2H3/b47-34+. The van der Waals surface area contributed by atoms with Crippen molar-refractivity contribution in [1.82, 2.24) is 4.98 Å². The van der Waals surface area contributed by atoms with Gasteiger partial charge in [0, 0.05) is 18.2 Å². The highest BCUT2D eigenvalue weighted by Gasteiger charge is 2.15. The molecule has 0 saturated carbocycles. The van der Waals surface area contributed by atoms with Crippen LogP contribution in [0.2, 0.25) is 0 Å². The van der Waals surface area contributed by atoms with Crippen LogP contribution >= 0.6 is 11.3 Å². The number of hydrogen-bond acceptors (Lipinski definition) is 9. The zero-order chi connectivity index (χ0) is 38.7. The van der Waals surface area contributed by atoms with E-state index in [9.17, 15) is 9.59 Å². The molecule has 0 atom stereocenters. The number of para-hydroxylation sites is 1. The average molecular weight is 760 g/mol. The summed E-state index contributed by atoms with van der Waals surface area (Å²) < 4.78 is 17.9. The van der Waals surface area contributed by atoms with E-state index in [4.69, 9.17) is 24.3 Å². The summed E-state index contributed by atoms with van der Waals surface area (Å²) in [5.74, 6) is 0.279. The van der Waals surface area contributed by atoms with Gasteiger partial charge >= 0.3 is 11.9 Å². The number of aryl methyl sites for hydroxylation is 1. The lowest BCUT2D eigenvalue weighted by Gasteiger charge is -2.16. The molecular weight excluding hydrogens is 707 g/mol. The van der Waals surface area contributed by atoms with Gasteiger partial charge in [-0.3, -0.25) is 0 Å². The molecule has 0 saturated heterocycles. The summed E-state index contributed by atoms with van der Waals surface area (Å²) in [5.41, 5.74) is 5.59. The third kappa shape index (κ3) is 12.9. The molecule has 8 nitrogen and oxygen atoms in total. The Morgan fingerprint density at radius 3 is 2.27 bits per heavy atom. The summed E-state index contributed by atoms with van der Waals surface area (Å²) >= 11 is 1.64. The van der Waals surface area contributed by atoms with Crippen molar-refractivity contribution in [3.63, 3.8) is 0 Å². The minimum Gasteiger partial charge on any atom is -0.494 e. The van der Waals surface area contributed by atoms with E-state index in [0.717, 1.165) is 89.9 Å². The maximum atomic E-state index is 13.3. The number of nitrogens with zero attached hydrogens (tertiary/aromatic N) is 3. The van der Waals surface area contributed by atoms with Crippen molar-refractivity contribution in [1.29, 1.82) is 0 Å². The molecule has 1 heterocycles. The van der Waals surface area contributed by atoms with Crippen molar-refractivity contribution >= 4 is 44.8 Å². The van der Waals surface area contributed by atoms with E-state index in [2.05, 4.69) is 50.8 Å². The highest BCUT2D eigenvalue weighted by Crippen LogP contribution is 2.31. The third-order valence-electron chi connectivity index (χ3n) is 9.16. The monoisotopic (exact) mass is 759 g/mol. The van der Waals surface area contributed by atoms with Crippen LogP contribution < -0.4 is 14.5 Å². The van der Waals surface area contributed by atoms with Gasteiger partial charge in [0.05, 0.1) is 35.2 Å². The van der Waals surface area contributed by atoms with Gasteiger partial charge in [-0.25, -0.2) is 19.6 Å². The number of hydrazone groups is 1. The molecule has 1 aromatic heterocycles. The number of unbranched alkanes of at least 4 members (excludes halogenated alkanes) is 7. The first-order chi connectivity index (χ1) is 27.0. The maximum Gasteiger partial charge on any atom is 0.343 e. The van der Waals surface area contributed by atoms with Crippen molar-refractivity contribution in [2.24, 2.45) is 5.10 Å². The second kappa shape index (κ2) is 22.2. The van der Waals surface area contributed by atoms with E-state index in [1.165, 1.54) is 30.9 Å². The fraction of sp³-hybridized carbons (Fsp3) is 0.348. The van der Waals surface area contributed by atoms with Gasteiger partial charge in [-0.05, 0) is 104 Å². The summed E-state index contributed by atoms with van der Waals surface area (Å²) in [7, 11) is 0. The Labute approximate surface area is 329 Å². The average Bonchev–Trinajstić information content (AvgIpc) is 3.65. The van der Waals surface area contributed by atoms with E-state index in [-0.39, 0.29) is 5.97 Å². The molecule has 0 aliphatic rings. The fourth-order valence-corrected chi connectivity index (χ4v) is 7.07. The number of aromatic nitrogens is 1. The van der Waals surface area contributed by atoms with Gasteiger partial charge in [-0.1, -0.05) is 106 Å². The lowest BCUT2D eigenvalue weighted by atomic mass is 9.98. The highest BCUT2D eigenvalue weighted by atomic mass is 32.1. The number of hydrogen-bond donors (Lipinski definition) is 0. The van der Waals surface area contributed by atoms with E-state index in [0.29, 0.717) is 30.3 Å². The number of carbonyl (C=O) groups excluding carboxylic acids is 2. The molecule has 0 N–H and O–H groups in total. The molecule has 5 rings (SSSR count). The lowest BCUT2D eigenvalue weighted by molar-refractivity contribution is -0.137. The van der Waals surface area contributed by atoms with Crippen LogP contribution in [0.3, 0.4) is 0 Å². The quantitative estimate of drug-likeness (QED) is 0.0163. The van der Waals surface area contributed by atoms with Crippen LogP contribution in [0.5, 0.6) is 11.5 Å². The van der Waals surface area contributed by atoms with Crippen LogP contribution in [0.25, 0.3) is 21.3 Å². The van der Waals surface area contributed by atoms with Crippen molar-refractivity contribution in [3.8, 4) is 22.6 Å². The predicted octanol–water partition coefficient (Wildman–Crippen LogP) is 11.6.